The second kappa shape index (κ2) is 7.96. The molecule has 6 heteroatoms. The molecule has 1 aliphatic rings. The molecule has 0 aliphatic carbocycles. The van der Waals surface area contributed by atoms with Crippen LogP contribution in [0.4, 0.5) is 0 Å². The quantitative estimate of drug-likeness (QED) is 0.748. The van der Waals surface area contributed by atoms with Gasteiger partial charge in [0, 0.05) is 42.3 Å². The first-order valence-electron chi connectivity index (χ1n) is 9.69. The monoisotopic (exact) mass is 362 g/mol. The van der Waals surface area contributed by atoms with Gasteiger partial charge in [0.1, 0.15) is 5.69 Å². The van der Waals surface area contributed by atoms with Crippen LogP contribution in [-0.4, -0.2) is 43.1 Å². The highest BCUT2D eigenvalue weighted by atomic mass is 15.1. The van der Waals surface area contributed by atoms with Crippen molar-refractivity contribution in [1.29, 1.82) is 0 Å². The highest BCUT2D eigenvalue weighted by Crippen LogP contribution is 2.28. The summed E-state index contributed by atoms with van der Waals surface area (Å²) in [6.45, 7) is 7.44. The van der Waals surface area contributed by atoms with Crippen LogP contribution in [0.2, 0.25) is 0 Å². The Labute approximate surface area is 160 Å². The van der Waals surface area contributed by atoms with E-state index in [1.54, 1.807) is 6.20 Å². The molecule has 4 rings (SSSR count). The van der Waals surface area contributed by atoms with Gasteiger partial charge in [-0.3, -0.25) is 15.0 Å². The zero-order chi connectivity index (χ0) is 18.6. The molecule has 0 atom stereocenters. The average Bonchev–Trinajstić information content (AvgIpc) is 3.20. The SMILES string of the molecule is CC(C)c1cc(C2CCN(Cc3cnc(-c4ccccn4)nc3)CC2)[nH]n1. The van der Waals surface area contributed by atoms with Gasteiger partial charge >= 0.3 is 0 Å². The summed E-state index contributed by atoms with van der Waals surface area (Å²) in [6.07, 6.45) is 7.93. The van der Waals surface area contributed by atoms with E-state index >= 15 is 0 Å². The average molecular weight is 362 g/mol. The van der Waals surface area contributed by atoms with Crippen molar-refractivity contribution in [2.45, 2.75) is 45.1 Å². The van der Waals surface area contributed by atoms with Gasteiger partial charge in [-0.25, -0.2) is 9.97 Å². The highest BCUT2D eigenvalue weighted by molar-refractivity contribution is 5.47. The summed E-state index contributed by atoms with van der Waals surface area (Å²) in [6, 6.07) is 8.02. The maximum Gasteiger partial charge on any atom is 0.178 e. The number of pyridine rings is 1. The minimum absolute atomic E-state index is 0.476. The predicted molar refractivity (Wildman–Crippen MR) is 105 cm³/mol. The molecule has 0 amide bonds. The van der Waals surface area contributed by atoms with Crippen LogP contribution >= 0.6 is 0 Å². The molecule has 1 aliphatic heterocycles. The minimum Gasteiger partial charge on any atom is -0.299 e. The summed E-state index contributed by atoms with van der Waals surface area (Å²) < 4.78 is 0. The minimum atomic E-state index is 0.476. The third kappa shape index (κ3) is 4.22. The summed E-state index contributed by atoms with van der Waals surface area (Å²) in [5.74, 6) is 1.74. The van der Waals surface area contributed by atoms with Crippen molar-refractivity contribution in [1.82, 2.24) is 30.0 Å². The first-order valence-corrected chi connectivity index (χ1v) is 9.69. The number of aromatic nitrogens is 5. The Balaban J connectivity index is 1.32. The normalized spacial score (nSPS) is 16.1. The molecule has 1 saturated heterocycles. The molecule has 0 radical (unpaired) electrons. The van der Waals surface area contributed by atoms with E-state index in [1.807, 2.05) is 30.6 Å². The van der Waals surface area contributed by atoms with Gasteiger partial charge < -0.3 is 0 Å². The van der Waals surface area contributed by atoms with Gasteiger partial charge in [-0.05, 0) is 50.0 Å². The van der Waals surface area contributed by atoms with Gasteiger partial charge in [-0.1, -0.05) is 19.9 Å². The number of hydrogen-bond acceptors (Lipinski definition) is 5. The number of nitrogens with one attached hydrogen (secondary N) is 1. The molecule has 1 fully saturated rings. The van der Waals surface area contributed by atoms with Crippen molar-refractivity contribution < 1.29 is 0 Å². The summed E-state index contributed by atoms with van der Waals surface area (Å²) in [5, 5.41) is 7.70. The second-order valence-electron chi connectivity index (χ2n) is 7.58. The molecule has 3 aromatic heterocycles. The number of rotatable bonds is 5. The third-order valence-electron chi connectivity index (χ3n) is 5.24. The predicted octanol–water partition coefficient (Wildman–Crippen LogP) is 3.76. The Morgan fingerprint density at radius 1 is 1.11 bits per heavy atom. The molecule has 0 spiro atoms. The zero-order valence-corrected chi connectivity index (χ0v) is 16.0. The smallest absolute Gasteiger partial charge is 0.178 e. The van der Waals surface area contributed by atoms with E-state index in [-0.39, 0.29) is 0 Å². The van der Waals surface area contributed by atoms with Gasteiger partial charge in [0.05, 0.1) is 5.69 Å². The maximum absolute atomic E-state index is 4.48. The molecule has 3 aromatic rings. The number of H-pyrrole nitrogens is 1. The van der Waals surface area contributed by atoms with Crippen LogP contribution in [0, 0.1) is 0 Å². The van der Waals surface area contributed by atoms with Crippen molar-refractivity contribution in [3.63, 3.8) is 0 Å². The van der Waals surface area contributed by atoms with Gasteiger partial charge in [0.15, 0.2) is 5.82 Å². The molecule has 0 bridgehead atoms. The first kappa shape index (κ1) is 17.8. The summed E-state index contributed by atoms with van der Waals surface area (Å²) in [4.78, 5) is 15.7. The second-order valence-corrected chi connectivity index (χ2v) is 7.58. The number of piperidine rings is 1. The van der Waals surface area contributed by atoms with Crippen molar-refractivity contribution in [3.8, 4) is 11.5 Å². The Bertz CT molecular complexity index is 848. The van der Waals surface area contributed by atoms with E-state index in [9.17, 15) is 0 Å². The van der Waals surface area contributed by atoms with E-state index < -0.39 is 0 Å². The fraction of sp³-hybridized carbons (Fsp3) is 0.429. The molecule has 4 heterocycles. The number of nitrogens with zero attached hydrogens (tertiary/aromatic N) is 5. The molecule has 6 nitrogen and oxygen atoms in total. The van der Waals surface area contributed by atoms with E-state index in [1.165, 1.54) is 5.69 Å². The van der Waals surface area contributed by atoms with Crippen LogP contribution < -0.4 is 0 Å². The lowest BCUT2D eigenvalue weighted by molar-refractivity contribution is 0.203. The van der Waals surface area contributed by atoms with E-state index in [0.29, 0.717) is 17.7 Å². The van der Waals surface area contributed by atoms with Crippen LogP contribution in [0.15, 0.2) is 42.9 Å². The summed E-state index contributed by atoms with van der Waals surface area (Å²) in [7, 11) is 0. The molecule has 27 heavy (non-hydrogen) atoms. The Morgan fingerprint density at radius 3 is 2.52 bits per heavy atom. The van der Waals surface area contributed by atoms with Crippen LogP contribution in [-0.2, 0) is 6.54 Å². The number of aromatic amines is 1. The standard InChI is InChI=1S/C21H26N6/c1-15(2)19-11-20(26-25-19)17-6-9-27(10-7-17)14-16-12-23-21(24-13-16)18-5-3-4-8-22-18/h3-5,8,11-13,15,17H,6-7,9-10,14H2,1-2H3,(H,25,26). The number of hydrogen-bond donors (Lipinski definition) is 1. The van der Waals surface area contributed by atoms with Crippen LogP contribution in [0.5, 0.6) is 0 Å². The molecule has 140 valence electrons. The lowest BCUT2D eigenvalue weighted by Crippen LogP contribution is -2.32. The van der Waals surface area contributed by atoms with Crippen molar-refractivity contribution >= 4 is 0 Å². The molecule has 0 unspecified atom stereocenters. The van der Waals surface area contributed by atoms with Gasteiger partial charge in [0.2, 0.25) is 0 Å². The maximum atomic E-state index is 4.48. The Kier molecular flexibility index (Phi) is 5.25. The van der Waals surface area contributed by atoms with Gasteiger partial charge in [-0.2, -0.15) is 5.10 Å². The van der Waals surface area contributed by atoms with Gasteiger partial charge in [-0.15, -0.1) is 0 Å². The Hall–Kier alpha value is -2.60. The van der Waals surface area contributed by atoms with Crippen LogP contribution in [0.25, 0.3) is 11.5 Å². The first-order chi connectivity index (χ1) is 13.2. The summed E-state index contributed by atoms with van der Waals surface area (Å²) >= 11 is 0. The third-order valence-corrected chi connectivity index (χ3v) is 5.24. The molecule has 1 N–H and O–H groups in total. The topological polar surface area (TPSA) is 70.6 Å². The van der Waals surface area contributed by atoms with Crippen molar-refractivity contribution in [3.05, 3.63) is 59.8 Å². The molecular formula is C21H26N6. The lowest BCUT2D eigenvalue weighted by Gasteiger charge is -2.31. The fourth-order valence-electron chi connectivity index (χ4n) is 3.58. The van der Waals surface area contributed by atoms with Crippen LogP contribution in [0.1, 0.15) is 55.5 Å². The van der Waals surface area contributed by atoms with Gasteiger partial charge in [0.25, 0.3) is 0 Å². The lowest BCUT2D eigenvalue weighted by atomic mass is 9.93. The Morgan fingerprint density at radius 2 is 1.89 bits per heavy atom. The fourth-order valence-corrected chi connectivity index (χ4v) is 3.58. The van der Waals surface area contributed by atoms with E-state index in [2.05, 4.69) is 50.0 Å². The van der Waals surface area contributed by atoms with Crippen LogP contribution in [0.3, 0.4) is 0 Å². The summed E-state index contributed by atoms with van der Waals surface area (Å²) in [5.41, 5.74) is 4.42. The molecular weight excluding hydrogens is 336 g/mol. The van der Waals surface area contributed by atoms with E-state index in [0.717, 1.165) is 49.4 Å². The van der Waals surface area contributed by atoms with Crippen molar-refractivity contribution in [2.24, 2.45) is 0 Å². The van der Waals surface area contributed by atoms with E-state index in [4.69, 9.17) is 0 Å². The largest absolute Gasteiger partial charge is 0.299 e. The highest BCUT2D eigenvalue weighted by Gasteiger charge is 2.22. The molecule has 0 aromatic carbocycles. The molecule has 0 saturated carbocycles. The number of likely N-dealkylation sites (tertiary alicyclic amines) is 1. The zero-order valence-electron chi connectivity index (χ0n) is 16.0. The van der Waals surface area contributed by atoms with Crippen molar-refractivity contribution in [2.75, 3.05) is 13.1 Å².